The zero-order valence-electron chi connectivity index (χ0n) is 12.5. The molecule has 2 nitrogen and oxygen atoms in total. The molecule has 102 valence electrons. The predicted octanol–water partition coefficient (Wildman–Crippen LogP) is 3.06. The van der Waals surface area contributed by atoms with Gasteiger partial charge in [-0.15, -0.1) is 0 Å². The Kier molecular flexibility index (Phi) is 6.37. The Balaban J connectivity index is 2.37. The van der Waals surface area contributed by atoms with Gasteiger partial charge in [-0.1, -0.05) is 43.7 Å². The molecule has 0 saturated heterocycles. The predicted molar refractivity (Wildman–Crippen MR) is 79.8 cm³/mol. The summed E-state index contributed by atoms with van der Waals surface area (Å²) < 4.78 is 0. The summed E-state index contributed by atoms with van der Waals surface area (Å²) in [6, 6.07) is 9.32. The summed E-state index contributed by atoms with van der Waals surface area (Å²) in [5, 5.41) is 3.52. The highest BCUT2D eigenvalue weighted by Gasteiger charge is 2.09. The maximum Gasteiger partial charge on any atom is 0.0234 e. The summed E-state index contributed by atoms with van der Waals surface area (Å²) in [4.78, 5) is 2.40. The van der Waals surface area contributed by atoms with Gasteiger partial charge in [-0.25, -0.2) is 0 Å². The van der Waals surface area contributed by atoms with Gasteiger partial charge in [0.15, 0.2) is 0 Å². The van der Waals surface area contributed by atoms with Gasteiger partial charge in [0.25, 0.3) is 0 Å². The number of rotatable bonds is 7. The first-order valence-electron chi connectivity index (χ1n) is 6.95. The maximum atomic E-state index is 3.52. The average molecular weight is 248 g/mol. The topological polar surface area (TPSA) is 15.3 Å². The van der Waals surface area contributed by atoms with Crippen molar-refractivity contribution in [1.29, 1.82) is 0 Å². The molecule has 0 aromatic heterocycles. The Hall–Kier alpha value is -0.860. The third kappa shape index (κ3) is 5.65. The molecule has 0 fully saturated rings. The van der Waals surface area contributed by atoms with Gasteiger partial charge >= 0.3 is 0 Å². The summed E-state index contributed by atoms with van der Waals surface area (Å²) in [6.07, 6.45) is 0. The van der Waals surface area contributed by atoms with Crippen LogP contribution in [-0.2, 0) is 6.54 Å². The van der Waals surface area contributed by atoms with Crippen LogP contribution in [0.5, 0.6) is 0 Å². The smallest absolute Gasteiger partial charge is 0.0234 e. The van der Waals surface area contributed by atoms with Crippen molar-refractivity contribution >= 4 is 0 Å². The highest BCUT2D eigenvalue weighted by Crippen LogP contribution is 2.08. The quantitative estimate of drug-likeness (QED) is 0.798. The fourth-order valence-electron chi connectivity index (χ4n) is 1.99. The Morgan fingerprint density at radius 1 is 1.17 bits per heavy atom. The van der Waals surface area contributed by atoms with Crippen LogP contribution in [0.15, 0.2) is 24.3 Å². The van der Waals surface area contributed by atoms with Gasteiger partial charge in [-0.3, -0.25) is 4.90 Å². The monoisotopic (exact) mass is 248 g/mol. The van der Waals surface area contributed by atoms with E-state index in [0.717, 1.165) is 25.6 Å². The number of likely N-dealkylation sites (N-methyl/N-ethyl adjacent to an activating group) is 1. The summed E-state index contributed by atoms with van der Waals surface area (Å²) in [6.45, 7) is 12.1. The van der Waals surface area contributed by atoms with E-state index in [0.29, 0.717) is 6.04 Å². The van der Waals surface area contributed by atoms with Crippen molar-refractivity contribution in [1.82, 2.24) is 10.2 Å². The molecular formula is C16H28N2. The van der Waals surface area contributed by atoms with E-state index in [1.54, 1.807) is 0 Å². The lowest BCUT2D eigenvalue weighted by atomic mass is 10.1. The second kappa shape index (κ2) is 7.55. The molecule has 0 spiro atoms. The van der Waals surface area contributed by atoms with Crippen LogP contribution in [0.3, 0.4) is 0 Å². The molecule has 1 aromatic rings. The van der Waals surface area contributed by atoms with Crippen molar-refractivity contribution in [3.8, 4) is 0 Å². The Morgan fingerprint density at radius 2 is 1.89 bits per heavy atom. The van der Waals surface area contributed by atoms with Crippen molar-refractivity contribution in [2.45, 2.75) is 40.3 Å². The first-order chi connectivity index (χ1) is 8.49. The molecule has 1 atom stereocenters. The molecule has 1 unspecified atom stereocenters. The van der Waals surface area contributed by atoms with Crippen molar-refractivity contribution in [2.75, 3.05) is 20.1 Å². The minimum Gasteiger partial charge on any atom is -0.315 e. The minimum absolute atomic E-state index is 0.560. The Labute approximate surface area is 112 Å². The average Bonchev–Trinajstić information content (AvgIpc) is 2.28. The molecule has 0 aliphatic rings. The van der Waals surface area contributed by atoms with Gasteiger partial charge in [0.1, 0.15) is 0 Å². The van der Waals surface area contributed by atoms with Crippen molar-refractivity contribution in [2.24, 2.45) is 5.92 Å². The largest absolute Gasteiger partial charge is 0.315 e. The minimum atomic E-state index is 0.560. The van der Waals surface area contributed by atoms with Crippen LogP contribution in [0.25, 0.3) is 0 Å². The normalized spacial score (nSPS) is 13.3. The first kappa shape index (κ1) is 15.2. The van der Waals surface area contributed by atoms with Crippen LogP contribution < -0.4 is 5.32 Å². The molecule has 0 aliphatic carbocycles. The number of hydrogen-bond acceptors (Lipinski definition) is 2. The van der Waals surface area contributed by atoms with E-state index in [1.807, 2.05) is 0 Å². The molecule has 0 saturated carbocycles. The Morgan fingerprint density at radius 3 is 2.50 bits per heavy atom. The highest BCUT2D eigenvalue weighted by molar-refractivity contribution is 5.22. The fourth-order valence-corrected chi connectivity index (χ4v) is 1.99. The summed E-state index contributed by atoms with van der Waals surface area (Å²) >= 11 is 0. The zero-order valence-corrected chi connectivity index (χ0v) is 12.5. The van der Waals surface area contributed by atoms with Crippen LogP contribution in [0.2, 0.25) is 0 Å². The molecule has 2 heteroatoms. The molecule has 0 radical (unpaired) electrons. The molecule has 1 aromatic carbocycles. The number of hydrogen-bond donors (Lipinski definition) is 1. The molecule has 1 N–H and O–H groups in total. The lowest BCUT2D eigenvalue weighted by Gasteiger charge is -2.25. The van der Waals surface area contributed by atoms with E-state index >= 15 is 0 Å². The fraction of sp³-hybridized carbons (Fsp3) is 0.625. The zero-order chi connectivity index (χ0) is 13.5. The van der Waals surface area contributed by atoms with Crippen LogP contribution >= 0.6 is 0 Å². The van der Waals surface area contributed by atoms with Gasteiger partial charge < -0.3 is 5.32 Å². The first-order valence-corrected chi connectivity index (χ1v) is 6.95. The van der Waals surface area contributed by atoms with Gasteiger partial charge in [0.2, 0.25) is 0 Å². The molecule has 1 rings (SSSR count). The van der Waals surface area contributed by atoms with E-state index in [-0.39, 0.29) is 0 Å². The van der Waals surface area contributed by atoms with E-state index in [4.69, 9.17) is 0 Å². The van der Waals surface area contributed by atoms with Crippen molar-refractivity contribution in [3.63, 3.8) is 0 Å². The van der Waals surface area contributed by atoms with Gasteiger partial charge in [-0.2, -0.15) is 0 Å². The number of aryl methyl sites for hydroxylation is 1. The molecule has 0 heterocycles. The molecule has 18 heavy (non-hydrogen) atoms. The number of nitrogens with zero attached hydrogens (tertiary/aromatic N) is 1. The van der Waals surface area contributed by atoms with Crippen LogP contribution in [0.1, 0.15) is 31.9 Å². The summed E-state index contributed by atoms with van der Waals surface area (Å²) in [7, 11) is 2.20. The molecule has 0 aliphatic heterocycles. The highest BCUT2D eigenvalue weighted by atomic mass is 15.1. The summed E-state index contributed by atoms with van der Waals surface area (Å²) in [5.74, 6) is 0.722. The second-order valence-corrected chi connectivity index (χ2v) is 5.81. The number of nitrogens with one attached hydrogen (secondary N) is 1. The standard InChI is InChI=1S/C16H28N2/c1-13(2)10-17-11-15(4)18(5)12-16-8-6-7-14(3)9-16/h6-9,13,15,17H,10-12H2,1-5H3. The van der Waals surface area contributed by atoms with Crippen LogP contribution in [-0.4, -0.2) is 31.1 Å². The van der Waals surface area contributed by atoms with Gasteiger partial charge in [-0.05, 0) is 38.9 Å². The molecule has 0 amide bonds. The van der Waals surface area contributed by atoms with Gasteiger partial charge in [0.05, 0.1) is 0 Å². The molecular weight excluding hydrogens is 220 g/mol. The SMILES string of the molecule is Cc1cccc(CN(C)C(C)CNCC(C)C)c1. The lowest BCUT2D eigenvalue weighted by molar-refractivity contribution is 0.241. The number of benzene rings is 1. The van der Waals surface area contributed by atoms with E-state index in [9.17, 15) is 0 Å². The summed E-state index contributed by atoms with van der Waals surface area (Å²) in [5.41, 5.74) is 2.74. The van der Waals surface area contributed by atoms with Crippen LogP contribution in [0.4, 0.5) is 0 Å². The van der Waals surface area contributed by atoms with E-state index in [1.165, 1.54) is 11.1 Å². The third-order valence-electron chi connectivity index (χ3n) is 3.26. The van der Waals surface area contributed by atoms with E-state index < -0.39 is 0 Å². The van der Waals surface area contributed by atoms with Crippen molar-refractivity contribution in [3.05, 3.63) is 35.4 Å². The second-order valence-electron chi connectivity index (χ2n) is 5.81. The van der Waals surface area contributed by atoms with Gasteiger partial charge in [0, 0.05) is 19.1 Å². The van der Waals surface area contributed by atoms with Crippen LogP contribution in [0, 0.1) is 12.8 Å². The Bertz CT molecular complexity index is 347. The lowest BCUT2D eigenvalue weighted by Crippen LogP contribution is -2.38. The van der Waals surface area contributed by atoms with E-state index in [2.05, 4.69) is 69.2 Å². The van der Waals surface area contributed by atoms with Crippen molar-refractivity contribution < 1.29 is 0 Å². The maximum absolute atomic E-state index is 3.52. The third-order valence-corrected chi connectivity index (χ3v) is 3.26. The molecule has 0 bridgehead atoms.